The van der Waals surface area contributed by atoms with Crippen molar-refractivity contribution in [3.63, 3.8) is 0 Å². The maximum atomic E-state index is 12.0. The highest BCUT2D eigenvalue weighted by atomic mass is 32.1. The minimum absolute atomic E-state index is 0.121. The van der Waals surface area contributed by atoms with Crippen molar-refractivity contribution in [2.45, 2.75) is 6.04 Å². The molecule has 4 N–H and O–H groups in total. The quantitative estimate of drug-likeness (QED) is 0.698. The Balaban J connectivity index is 1.97. The Kier molecular flexibility index (Phi) is 4.68. The Morgan fingerprint density at radius 2 is 2.45 bits per heavy atom. The van der Waals surface area contributed by atoms with Crippen molar-refractivity contribution < 1.29 is 9.59 Å². The Hall–Kier alpha value is -1.95. The van der Waals surface area contributed by atoms with Crippen LogP contribution in [-0.2, 0) is 4.79 Å². The number of nitrogens with two attached hydrogens (primary N) is 1. The minimum atomic E-state index is -0.571. The minimum Gasteiger partial charge on any atom is -0.366 e. The lowest BCUT2D eigenvalue weighted by Crippen LogP contribution is -2.52. The average Bonchev–Trinajstić information content (AvgIpc) is 2.87. The van der Waals surface area contributed by atoms with Gasteiger partial charge in [-0.1, -0.05) is 0 Å². The summed E-state index contributed by atoms with van der Waals surface area (Å²) in [5.74, 6) is -0.823. The third-order valence-corrected chi connectivity index (χ3v) is 3.86. The Morgan fingerprint density at radius 3 is 3.15 bits per heavy atom. The molecule has 1 aliphatic rings. The van der Waals surface area contributed by atoms with Crippen LogP contribution in [0.2, 0.25) is 0 Å². The maximum Gasteiger partial charge on any atom is 0.251 e. The van der Waals surface area contributed by atoms with Crippen LogP contribution in [-0.4, -0.2) is 48.9 Å². The van der Waals surface area contributed by atoms with Crippen molar-refractivity contribution in [1.82, 2.24) is 10.2 Å². The SMILES string of the molecule is N#CC1CNCCN1CC(=O)Nc1sccc1C(N)=O. The molecule has 0 aromatic carbocycles. The van der Waals surface area contributed by atoms with E-state index in [0.717, 1.165) is 6.54 Å². The molecule has 2 heterocycles. The Labute approximate surface area is 120 Å². The number of carbonyl (C=O) groups excluding carboxylic acids is 2. The summed E-state index contributed by atoms with van der Waals surface area (Å²) >= 11 is 1.25. The number of primary amides is 1. The van der Waals surface area contributed by atoms with Crippen molar-refractivity contribution in [3.8, 4) is 6.07 Å². The fraction of sp³-hybridized carbons (Fsp3) is 0.417. The van der Waals surface area contributed by atoms with E-state index in [1.165, 1.54) is 11.3 Å². The van der Waals surface area contributed by atoms with Crippen molar-refractivity contribution in [2.75, 3.05) is 31.5 Å². The van der Waals surface area contributed by atoms with Gasteiger partial charge < -0.3 is 16.4 Å². The highest BCUT2D eigenvalue weighted by molar-refractivity contribution is 7.14. The van der Waals surface area contributed by atoms with E-state index in [-0.39, 0.29) is 18.5 Å². The second-order valence-electron chi connectivity index (χ2n) is 4.40. The summed E-state index contributed by atoms with van der Waals surface area (Å²) in [6, 6.07) is 3.42. The maximum absolute atomic E-state index is 12.0. The third-order valence-electron chi connectivity index (χ3n) is 3.03. The van der Waals surface area contributed by atoms with E-state index < -0.39 is 5.91 Å². The summed E-state index contributed by atoms with van der Waals surface area (Å²) in [5.41, 5.74) is 5.52. The smallest absolute Gasteiger partial charge is 0.251 e. The largest absolute Gasteiger partial charge is 0.366 e. The number of rotatable bonds is 4. The number of hydrogen-bond donors (Lipinski definition) is 3. The molecule has 8 heteroatoms. The zero-order valence-electron chi connectivity index (χ0n) is 10.8. The van der Waals surface area contributed by atoms with Gasteiger partial charge in [-0.15, -0.1) is 11.3 Å². The molecule has 0 spiro atoms. The van der Waals surface area contributed by atoms with Crippen LogP contribution in [0.25, 0.3) is 0 Å². The van der Waals surface area contributed by atoms with E-state index in [9.17, 15) is 9.59 Å². The van der Waals surface area contributed by atoms with Gasteiger partial charge in [0, 0.05) is 19.6 Å². The van der Waals surface area contributed by atoms with Gasteiger partial charge in [0.2, 0.25) is 5.91 Å². The lowest BCUT2D eigenvalue weighted by molar-refractivity contribution is -0.117. The van der Waals surface area contributed by atoms with Gasteiger partial charge in [0.25, 0.3) is 5.91 Å². The summed E-state index contributed by atoms with van der Waals surface area (Å²) in [5, 5.41) is 16.9. The number of carbonyl (C=O) groups is 2. The van der Waals surface area contributed by atoms with Gasteiger partial charge in [-0.3, -0.25) is 14.5 Å². The number of piperazine rings is 1. The fourth-order valence-electron chi connectivity index (χ4n) is 2.01. The first-order chi connectivity index (χ1) is 9.61. The first-order valence-electron chi connectivity index (χ1n) is 6.13. The molecule has 2 rings (SSSR count). The molecule has 1 atom stereocenters. The molecular formula is C12H15N5O2S. The van der Waals surface area contributed by atoms with Crippen molar-refractivity contribution in [3.05, 3.63) is 17.0 Å². The number of hydrogen-bond acceptors (Lipinski definition) is 6. The molecule has 1 aliphatic heterocycles. The molecule has 0 radical (unpaired) electrons. The van der Waals surface area contributed by atoms with Crippen molar-refractivity contribution >= 4 is 28.2 Å². The number of nitrogens with zero attached hydrogens (tertiary/aromatic N) is 2. The standard InChI is InChI=1S/C12H15N5O2S/c13-5-8-6-15-2-3-17(8)7-10(18)16-12-9(11(14)19)1-4-20-12/h1,4,8,15H,2-3,6-7H2,(H2,14,19)(H,16,18). The molecule has 0 saturated carbocycles. The molecule has 1 fully saturated rings. The first-order valence-corrected chi connectivity index (χ1v) is 7.01. The second-order valence-corrected chi connectivity index (χ2v) is 5.31. The molecule has 20 heavy (non-hydrogen) atoms. The summed E-state index contributed by atoms with van der Waals surface area (Å²) in [6.45, 7) is 2.06. The van der Waals surface area contributed by atoms with Gasteiger partial charge in [0.15, 0.2) is 0 Å². The summed E-state index contributed by atoms with van der Waals surface area (Å²) in [6.07, 6.45) is 0. The van der Waals surface area contributed by atoms with E-state index in [4.69, 9.17) is 11.0 Å². The highest BCUT2D eigenvalue weighted by Gasteiger charge is 2.24. The molecule has 1 saturated heterocycles. The lowest BCUT2D eigenvalue weighted by atomic mass is 10.2. The van der Waals surface area contributed by atoms with Crippen molar-refractivity contribution in [1.29, 1.82) is 5.26 Å². The van der Waals surface area contributed by atoms with E-state index in [1.807, 2.05) is 4.90 Å². The van der Waals surface area contributed by atoms with Gasteiger partial charge >= 0.3 is 0 Å². The number of thiophene rings is 1. The van der Waals surface area contributed by atoms with Crippen LogP contribution in [0.5, 0.6) is 0 Å². The summed E-state index contributed by atoms with van der Waals surface area (Å²) in [4.78, 5) is 25.0. The zero-order valence-corrected chi connectivity index (χ0v) is 11.6. The summed E-state index contributed by atoms with van der Waals surface area (Å²) in [7, 11) is 0. The molecule has 1 aromatic rings. The van der Waals surface area contributed by atoms with Crippen LogP contribution in [0.15, 0.2) is 11.4 Å². The average molecular weight is 293 g/mol. The topological polar surface area (TPSA) is 111 Å². The van der Waals surface area contributed by atoms with E-state index in [2.05, 4.69) is 16.7 Å². The molecule has 7 nitrogen and oxygen atoms in total. The molecule has 0 bridgehead atoms. The molecule has 0 aliphatic carbocycles. The van der Waals surface area contributed by atoms with Crippen LogP contribution >= 0.6 is 11.3 Å². The van der Waals surface area contributed by atoms with Gasteiger partial charge in [0.1, 0.15) is 11.0 Å². The van der Waals surface area contributed by atoms with Gasteiger partial charge in [0.05, 0.1) is 18.2 Å². The van der Waals surface area contributed by atoms with Crippen LogP contribution in [0, 0.1) is 11.3 Å². The number of nitrogens with one attached hydrogen (secondary N) is 2. The van der Waals surface area contributed by atoms with Crippen LogP contribution in [0.1, 0.15) is 10.4 Å². The van der Waals surface area contributed by atoms with E-state index in [0.29, 0.717) is 23.7 Å². The van der Waals surface area contributed by atoms with Crippen LogP contribution in [0.4, 0.5) is 5.00 Å². The van der Waals surface area contributed by atoms with E-state index in [1.54, 1.807) is 11.4 Å². The van der Waals surface area contributed by atoms with E-state index >= 15 is 0 Å². The zero-order chi connectivity index (χ0) is 14.5. The van der Waals surface area contributed by atoms with Gasteiger partial charge in [-0.05, 0) is 11.4 Å². The second kappa shape index (κ2) is 6.47. The van der Waals surface area contributed by atoms with Gasteiger partial charge in [-0.2, -0.15) is 5.26 Å². The van der Waals surface area contributed by atoms with Crippen molar-refractivity contribution in [2.24, 2.45) is 5.73 Å². The molecule has 106 valence electrons. The number of nitriles is 1. The Morgan fingerprint density at radius 1 is 1.65 bits per heavy atom. The highest BCUT2D eigenvalue weighted by Crippen LogP contribution is 2.22. The summed E-state index contributed by atoms with van der Waals surface area (Å²) < 4.78 is 0. The number of anilines is 1. The first kappa shape index (κ1) is 14.5. The van der Waals surface area contributed by atoms with Gasteiger partial charge in [-0.25, -0.2) is 0 Å². The molecule has 1 aromatic heterocycles. The predicted molar refractivity (Wildman–Crippen MR) is 75.3 cm³/mol. The number of amides is 2. The monoisotopic (exact) mass is 293 g/mol. The molecular weight excluding hydrogens is 278 g/mol. The predicted octanol–water partition coefficient (Wildman–Crippen LogP) is -0.417. The Bertz CT molecular complexity index is 550. The lowest BCUT2D eigenvalue weighted by Gasteiger charge is -2.31. The third kappa shape index (κ3) is 3.33. The molecule has 1 unspecified atom stereocenters. The van der Waals surface area contributed by atoms with Crippen LogP contribution in [0.3, 0.4) is 0 Å². The van der Waals surface area contributed by atoms with Crippen LogP contribution < -0.4 is 16.4 Å². The fourth-order valence-corrected chi connectivity index (χ4v) is 2.82. The molecule has 2 amide bonds. The normalized spacial score (nSPS) is 19.2.